The smallest absolute Gasteiger partial charge is 0.326 e. The zero-order chi connectivity index (χ0) is 16.8. The minimum absolute atomic E-state index is 0.263. The average molecular weight is 323 g/mol. The Morgan fingerprint density at radius 2 is 2.09 bits per heavy atom. The van der Waals surface area contributed by atoms with Crippen LogP contribution in [0, 0.1) is 0 Å². The first-order valence-electron chi connectivity index (χ1n) is 7.35. The molecule has 0 aromatic heterocycles. The molecule has 2 rings (SSSR count). The molecule has 1 saturated heterocycles. The number of carboxylic acids is 1. The molecule has 7 nitrogen and oxygen atoms in total. The van der Waals surface area contributed by atoms with Crippen LogP contribution in [-0.2, 0) is 14.3 Å². The monoisotopic (exact) mass is 323 g/mol. The maximum absolute atomic E-state index is 12.6. The van der Waals surface area contributed by atoms with Gasteiger partial charge >= 0.3 is 5.97 Å². The van der Waals surface area contributed by atoms with E-state index in [1.54, 1.807) is 31.4 Å². The molecule has 7 heteroatoms. The summed E-state index contributed by atoms with van der Waals surface area (Å²) in [6.45, 7) is 1.09. The fraction of sp³-hybridized carbons (Fsp3) is 0.500. The molecule has 23 heavy (non-hydrogen) atoms. The second-order valence-corrected chi connectivity index (χ2v) is 5.27. The van der Waals surface area contributed by atoms with Gasteiger partial charge in [-0.3, -0.25) is 4.79 Å². The molecule has 1 amide bonds. The van der Waals surface area contributed by atoms with Crippen LogP contribution in [-0.4, -0.2) is 68.0 Å². The number of hydrogen-bond acceptors (Lipinski definition) is 5. The molecule has 1 aliphatic rings. The van der Waals surface area contributed by atoms with E-state index >= 15 is 0 Å². The van der Waals surface area contributed by atoms with Gasteiger partial charge in [0.15, 0.2) is 0 Å². The van der Waals surface area contributed by atoms with Gasteiger partial charge in [-0.15, -0.1) is 0 Å². The topological polar surface area (TPSA) is 85.3 Å². The van der Waals surface area contributed by atoms with Crippen LogP contribution in [0.5, 0.6) is 5.75 Å². The molecule has 1 fully saturated rings. The Hall–Kier alpha value is -2.12. The lowest BCUT2D eigenvalue weighted by molar-refractivity contribution is -0.141. The first-order chi connectivity index (χ1) is 11.1. The second kappa shape index (κ2) is 7.94. The van der Waals surface area contributed by atoms with E-state index in [1.807, 2.05) is 0 Å². The normalized spacial score (nSPS) is 20.5. The number of methoxy groups -OCH3 is 2. The van der Waals surface area contributed by atoms with Gasteiger partial charge in [0.2, 0.25) is 0 Å². The highest BCUT2D eigenvalue weighted by molar-refractivity contribution is 5.97. The molecular formula is C16H21NO6. The highest BCUT2D eigenvalue weighted by Crippen LogP contribution is 2.24. The van der Waals surface area contributed by atoms with Crippen molar-refractivity contribution in [2.45, 2.75) is 18.6 Å². The largest absolute Gasteiger partial charge is 0.491 e. The zero-order valence-corrected chi connectivity index (χ0v) is 13.2. The molecule has 0 bridgehead atoms. The van der Waals surface area contributed by atoms with E-state index in [4.69, 9.17) is 14.2 Å². The van der Waals surface area contributed by atoms with E-state index in [0.717, 1.165) is 0 Å². The molecule has 0 aliphatic carbocycles. The molecular weight excluding hydrogens is 302 g/mol. The standard InChI is InChI=1S/C16H21NO6/c1-21-6-7-23-12-5-3-4-11(8-12)15(18)17-10-13(22-2)9-14(17)16(19)20/h3-5,8,13-14H,6-7,9-10H2,1-2H3,(H,19,20). The maximum atomic E-state index is 12.6. The lowest BCUT2D eigenvalue weighted by atomic mass is 10.1. The number of benzene rings is 1. The van der Waals surface area contributed by atoms with Crippen molar-refractivity contribution in [1.82, 2.24) is 4.90 Å². The first kappa shape index (κ1) is 17.2. The van der Waals surface area contributed by atoms with Crippen LogP contribution >= 0.6 is 0 Å². The Morgan fingerprint density at radius 1 is 1.30 bits per heavy atom. The Morgan fingerprint density at radius 3 is 2.74 bits per heavy atom. The van der Waals surface area contributed by atoms with Crippen LogP contribution in [0.4, 0.5) is 0 Å². The van der Waals surface area contributed by atoms with Gasteiger partial charge in [0.05, 0.1) is 12.7 Å². The minimum atomic E-state index is -1.02. The fourth-order valence-electron chi connectivity index (χ4n) is 2.55. The number of amides is 1. The Labute approximate surface area is 134 Å². The summed E-state index contributed by atoms with van der Waals surface area (Å²) in [5.41, 5.74) is 0.392. The van der Waals surface area contributed by atoms with Crippen LogP contribution < -0.4 is 4.74 Å². The fourth-order valence-corrected chi connectivity index (χ4v) is 2.55. The van der Waals surface area contributed by atoms with E-state index in [0.29, 0.717) is 30.9 Å². The number of carboxylic acid groups (broad SMARTS) is 1. The highest BCUT2D eigenvalue weighted by atomic mass is 16.5. The van der Waals surface area contributed by atoms with Crippen LogP contribution in [0.1, 0.15) is 16.8 Å². The van der Waals surface area contributed by atoms with E-state index in [2.05, 4.69) is 0 Å². The molecule has 0 radical (unpaired) electrons. The molecule has 126 valence electrons. The highest BCUT2D eigenvalue weighted by Gasteiger charge is 2.40. The number of carbonyl (C=O) groups is 2. The van der Waals surface area contributed by atoms with Gasteiger partial charge in [-0.05, 0) is 18.2 Å². The third-order valence-electron chi connectivity index (χ3n) is 3.78. The van der Waals surface area contributed by atoms with Crippen molar-refractivity contribution in [2.75, 3.05) is 34.0 Å². The quantitative estimate of drug-likeness (QED) is 0.754. The van der Waals surface area contributed by atoms with Crippen LogP contribution in [0.2, 0.25) is 0 Å². The summed E-state index contributed by atoms with van der Waals surface area (Å²) in [6, 6.07) is 5.82. The number of ether oxygens (including phenoxy) is 3. The van der Waals surface area contributed by atoms with Crippen molar-refractivity contribution in [1.29, 1.82) is 0 Å². The summed E-state index contributed by atoms with van der Waals surface area (Å²) in [5.74, 6) is -0.818. The molecule has 2 atom stereocenters. The Kier molecular flexibility index (Phi) is 5.95. The van der Waals surface area contributed by atoms with Gasteiger partial charge < -0.3 is 24.2 Å². The molecule has 1 aromatic carbocycles. The van der Waals surface area contributed by atoms with Crippen molar-refractivity contribution in [2.24, 2.45) is 0 Å². The molecule has 2 unspecified atom stereocenters. The lowest BCUT2D eigenvalue weighted by Crippen LogP contribution is -2.40. The number of carbonyl (C=O) groups excluding carboxylic acids is 1. The van der Waals surface area contributed by atoms with Gasteiger partial charge in [-0.25, -0.2) is 4.79 Å². The van der Waals surface area contributed by atoms with E-state index in [9.17, 15) is 14.7 Å². The van der Waals surface area contributed by atoms with Crippen molar-refractivity contribution in [3.05, 3.63) is 29.8 Å². The minimum Gasteiger partial charge on any atom is -0.491 e. The first-order valence-corrected chi connectivity index (χ1v) is 7.35. The lowest BCUT2D eigenvalue weighted by Gasteiger charge is -2.21. The van der Waals surface area contributed by atoms with Crippen molar-refractivity contribution < 1.29 is 28.9 Å². The van der Waals surface area contributed by atoms with Crippen molar-refractivity contribution in [3.8, 4) is 5.75 Å². The summed E-state index contributed by atoms with van der Waals surface area (Å²) in [4.78, 5) is 25.3. The predicted molar refractivity (Wildman–Crippen MR) is 81.7 cm³/mol. The number of nitrogens with zero attached hydrogens (tertiary/aromatic N) is 1. The number of hydrogen-bond donors (Lipinski definition) is 1. The van der Waals surface area contributed by atoms with Crippen molar-refractivity contribution >= 4 is 11.9 Å². The molecule has 1 heterocycles. The maximum Gasteiger partial charge on any atom is 0.326 e. The summed E-state index contributed by atoms with van der Waals surface area (Å²) in [6.07, 6.45) is 0.0305. The van der Waals surface area contributed by atoms with Gasteiger partial charge in [-0.1, -0.05) is 6.07 Å². The van der Waals surface area contributed by atoms with Gasteiger partial charge in [0.25, 0.3) is 5.91 Å². The van der Waals surface area contributed by atoms with Gasteiger partial charge in [-0.2, -0.15) is 0 Å². The summed E-state index contributed by atoms with van der Waals surface area (Å²) in [7, 11) is 3.09. The van der Waals surface area contributed by atoms with E-state index in [-0.39, 0.29) is 18.6 Å². The SMILES string of the molecule is COCCOc1cccc(C(=O)N2CC(OC)CC2C(=O)O)c1. The summed E-state index contributed by atoms with van der Waals surface area (Å²) >= 11 is 0. The predicted octanol–water partition coefficient (Wildman–Crippen LogP) is 1.03. The molecule has 1 N–H and O–H groups in total. The summed E-state index contributed by atoms with van der Waals surface area (Å²) in [5, 5.41) is 9.30. The molecule has 0 spiro atoms. The van der Waals surface area contributed by atoms with E-state index in [1.165, 1.54) is 12.0 Å². The zero-order valence-electron chi connectivity index (χ0n) is 13.2. The third kappa shape index (κ3) is 4.20. The Balaban J connectivity index is 2.12. The van der Waals surface area contributed by atoms with Gasteiger partial charge in [0, 0.05) is 32.7 Å². The van der Waals surface area contributed by atoms with Crippen LogP contribution in [0.15, 0.2) is 24.3 Å². The van der Waals surface area contributed by atoms with E-state index < -0.39 is 12.0 Å². The van der Waals surface area contributed by atoms with Crippen LogP contribution in [0.25, 0.3) is 0 Å². The molecule has 1 aromatic rings. The average Bonchev–Trinajstić information content (AvgIpc) is 2.99. The molecule has 1 aliphatic heterocycles. The number of likely N-dealkylation sites (tertiary alicyclic amines) is 1. The van der Waals surface area contributed by atoms with Gasteiger partial charge in [0.1, 0.15) is 18.4 Å². The van der Waals surface area contributed by atoms with Crippen molar-refractivity contribution in [3.63, 3.8) is 0 Å². The second-order valence-electron chi connectivity index (χ2n) is 5.27. The third-order valence-corrected chi connectivity index (χ3v) is 3.78. The van der Waals surface area contributed by atoms with Crippen LogP contribution in [0.3, 0.4) is 0 Å². The molecule has 0 saturated carbocycles. The number of rotatable bonds is 7. The Bertz CT molecular complexity index is 561. The summed E-state index contributed by atoms with van der Waals surface area (Å²) < 4.78 is 15.6. The number of aliphatic carboxylic acids is 1.